The first kappa shape index (κ1) is 25.0. The summed E-state index contributed by atoms with van der Waals surface area (Å²) in [6.07, 6.45) is 1.19. The maximum atomic E-state index is 11.5. The normalized spacial score (nSPS) is 12.8. The summed E-state index contributed by atoms with van der Waals surface area (Å²) in [4.78, 5) is 4.86. The van der Waals surface area contributed by atoms with Gasteiger partial charge in [0.25, 0.3) is 0 Å². The van der Waals surface area contributed by atoms with Crippen molar-refractivity contribution in [2.24, 2.45) is 4.99 Å². The van der Waals surface area contributed by atoms with E-state index in [0.29, 0.717) is 34.0 Å². The number of aliphatic imine (C=N–C) groups is 1. The van der Waals surface area contributed by atoms with Crippen LogP contribution in [0.5, 0.6) is 0 Å². The van der Waals surface area contributed by atoms with Gasteiger partial charge in [-0.3, -0.25) is 0 Å². The number of sulfone groups is 1. The topological polar surface area (TPSA) is 70.6 Å². The van der Waals surface area contributed by atoms with E-state index in [-0.39, 0.29) is 30.0 Å². The van der Waals surface area contributed by atoms with Crippen molar-refractivity contribution in [3.63, 3.8) is 0 Å². The highest BCUT2D eigenvalue weighted by molar-refractivity contribution is 14.0. The maximum absolute atomic E-state index is 11.5. The Balaban J connectivity index is 0.00000392. The number of hydrogen-bond acceptors (Lipinski definition) is 3. The predicted molar refractivity (Wildman–Crippen MR) is 128 cm³/mol. The van der Waals surface area contributed by atoms with Crippen molar-refractivity contribution >= 4 is 63.0 Å². The quantitative estimate of drug-likeness (QED) is 0.304. The molecule has 2 rings (SSSR count). The predicted octanol–water partition coefficient (Wildman–Crippen LogP) is 4.83. The average Bonchev–Trinajstić information content (AvgIpc) is 2.59. The molecule has 2 aromatic rings. The van der Waals surface area contributed by atoms with Gasteiger partial charge in [0.05, 0.1) is 17.5 Å². The molecule has 0 saturated heterocycles. The van der Waals surface area contributed by atoms with Gasteiger partial charge in [0.2, 0.25) is 0 Å². The maximum Gasteiger partial charge on any atom is 0.192 e. The first-order valence-corrected chi connectivity index (χ1v) is 11.1. The Hall–Kier alpha value is -1.03. The zero-order valence-corrected chi connectivity index (χ0v) is 20.5. The summed E-state index contributed by atoms with van der Waals surface area (Å²) < 4.78 is 23.1. The molecule has 2 N–H and O–H groups in total. The lowest BCUT2D eigenvalue weighted by molar-refractivity contribution is 0.602. The van der Waals surface area contributed by atoms with Crippen molar-refractivity contribution in [3.05, 3.63) is 63.6 Å². The molecule has 1 unspecified atom stereocenters. The van der Waals surface area contributed by atoms with Crippen LogP contribution in [0.3, 0.4) is 0 Å². The number of benzene rings is 2. The summed E-state index contributed by atoms with van der Waals surface area (Å²) in [6, 6.07) is 12.0. The lowest BCUT2D eigenvalue weighted by Gasteiger charge is -2.19. The van der Waals surface area contributed by atoms with Crippen LogP contribution in [-0.4, -0.2) is 27.2 Å². The first-order valence-electron chi connectivity index (χ1n) is 8.49. The highest BCUT2D eigenvalue weighted by Gasteiger charge is 2.12. The van der Waals surface area contributed by atoms with Crippen LogP contribution in [0.2, 0.25) is 10.0 Å². The highest BCUT2D eigenvalue weighted by atomic mass is 127. The van der Waals surface area contributed by atoms with Gasteiger partial charge in [-0.05, 0) is 49.2 Å². The van der Waals surface area contributed by atoms with Crippen LogP contribution in [0.1, 0.15) is 31.0 Å². The monoisotopic (exact) mass is 555 g/mol. The third-order valence-corrected chi connectivity index (χ3v) is 5.59. The standard InChI is InChI=1S/C19H23Cl2N3O2S.HI/c1-4-22-19(24-13(2)17-10-7-15(20)11-18(17)21)23-12-14-5-8-16(9-6-14)27(3,25)26;/h5-11,13H,4,12H2,1-3H3,(H2,22,23,24);1H. The molecule has 0 aliphatic heterocycles. The molecular weight excluding hydrogens is 532 g/mol. The molecular formula is C19H24Cl2IN3O2S. The summed E-state index contributed by atoms with van der Waals surface area (Å²) >= 11 is 12.2. The fourth-order valence-corrected chi connectivity index (χ4v) is 3.67. The van der Waals surface area contributed by atoms with Crippen molar-refractivity contribution in [2.75, 3.05) is 12.8 Å². The molecule has 0 spiro atoms. The number of nitrogens with zero attached hydrogens (tertiary/aromatic N) is 1. The van der Waals surface area contributed by atoms with E-state index in [1.165, 1.54) is 6.26 Å². The van der Waals surface area contributed by atoms with Gasteiger partial charge in [-0.2, -0.15) is 0 Å². The Kier molecular flexibility index (Phi) is 10.0. The minimum Gasteiger partial charge on any atom is -0.357 e. The van der Waals surface area contributed by atoms with Crippen molar-refractivity contribution < 1.29 is 8.42 Å². The van der Waals surface area contributed by atoms with Crippen LogP contribution in [-0.2, 0) is 16.4 Å². The van der Waals surface area contributed by atoms with Crippen LogP contribution in [0.4, 0.5) is 0 Å². The van der Waals surface area contributed by atoms with Crippen LogP contribution in [0.15, 0.2) is 52.4 Å². The fraction of sp³-hybridized carbons (Fsp3) is 0.316. The number of rotatable bonds is 6. The lowest BCUT2D eigenvalue weighted by Crippen LogP contribution is -2.38. The summed E-state index contributed by atoms with van der Waals surface area (Å²) in [7, 11) is -3.20. The van der Waals surface area contributed by atoms with Gasteiger partial charge < -0.3 is 10.6 Å². The van der Waals surface area contributed by atoms with Crippen molar-refractivity contribution in [1.29, 1.82) is 0 Å². The van der Waals surface area contributed by atoms with Gasteiger partial charge in [-0.1, -0.05) is 41.4 Å². The molecule has 5 nitrogen and oxygen atoms in total. The first-order chi connectivity index (χ1) is 12.7. The number of nitrogens with one attached hydrogen (secondary N) is 2. The summed E-state index contributed by atoms with van der Waals surface area (Å²) in [5.74, 6) is 0.642. The van der Waals surface area contributed by atoms with Gasteiger partial charge in [-0.15, -0.1) is 24.0 Å². The van der Waals surface area contributed by atoms with E-state index in [9.17, 15) is 8.42 Å². The van der Waals surface area contributed by atoms with Gasteiger partial charge in [-0.25, -0.2) is 13.4 Å². The van der Waals surface area contributed by atoms with Gasteiger partial charge in [0.15, 0.2) is 15.8 Å². The van der Waals surface area contributed by atoms with E-state index >= 15 is 0 Å². The second-order valence-electron chi connectivity index (χ2n) is 6.14. The SMILES string of the molecule is CCNC(=NCc1ccc(S(C)(=O)=O)cc1)NC(C)c1ccc(Cl)cc1Cl.I. The molecule has 0 aliphatic carbocycles. The summed E-state index contributed by atoms with van der Waals surface area (Å²) in [5, 5.41) is 7.69. The summed E-state index contributed by atoms with van der Waals surface area (Å²) in [6.45, 7) is 5.10. The van der Waals surface area contributed by atoms with E-state index in [1.807, 2.05) is 19.9 Å². The molecule has 154 valence electrons. The molecule has 2 aromatic carbocycles. The molecule has 0 aromatic heterocycles. The molecule has 0 bridgehead atoms. The second kappa shape index (κ2) is 11.2. The van der Waals surface area contributed by atoms with Crippen molar-refractivity contribution in [3.8, 4) is 0 Å². The molecule has 0 aliphatic rings. The highest BCUT2D eigenvalue weighted by Crippen LogP contribution is 2.26. The van der Waals surface area contributed by atoms with E-state index < -0.39 is 9.84 Å². The van der Waals surface area contributed by atoms with E-state index in [0.717, 1.165) is 11.1 Å². The largest absolute Gasteiger partial charge is 0.357 e. The van der Waals surface area contributed by atoms with Crippen LogP contribution >= 0.6 is 47.2 Å². The van der Waals surface area contributed by atoms with Gasteiger partial charge in [0.1, 0.15) is 0 Å². The lowest BCUT2D eigenvalue weighted by atomic mass is 10.1. The fourth-order valence-electron chi connectivity index (χ4n) is 2.47. The molecule has 0 saturated carbocycles. The minimum absolute atomic E-state index is 0. The zero-order chi connectivity index (χ0) is 20.0. The minimum atomic E-state index is -3.20. The van der Waals surface area contributed by atoms with E-state index in [2.05, 4.69) is 15.6 Å². The molecule has 0 fully saturated rings. The Labute approximate surface area is 193 Å². The van der Waals surface area contributed by atoms with Crippen LogP contribution in [0.25, 0.3) is 0 Å². The van der Waals surface area contributed by atoms with Gasteiger partial charge >= 0.3 is 0 Å². The molecule has 0 heterocycles. The van der Waals surface area contributed by atoms with Crippen LogP contribution in [0, 0.1) is 0 Å². The molecule has 1 atom stereocenters. The number of halogens is 3. The van der Waals surface area contributed by atoms with Crippen LogP contribution < -0.4 is 10.6 Å². The van der Waals surface area contributed by atoms with E-state index in [4.69, 9.17) is 23.2 Å². The third kappa shape index (κ3) is 7.42. The molecule has 28 heavy (non-hydrogen) atoms. The molecule has 9 heteroatoms. The van der Waals surface area contributed by atoms with Gasteiger partial charge in [0, 0.05) is 22.8 Å². The number of guanidine groups is 1. The Morgan fingerprint density at radius 2 is 1.79 bits per heavy atom. The molecule has 0 radical (unpaired) electrons. The molecule has 0 amide bonds. The Morgan fingerprint density at radius 1 is 1.14 bits per heavy atom. The number of hydrogen-bond donors (Lipinski definition) is 2. The second-order valence-corrected chi connectivity index (χ2v) is 9.00. The van der Waals surface area contributed by atoms with Crippen molar-refractivity contribution in [1.82, 2.24) is 10.6 Å². The Bertz CT molecular complexity index is 919. The van der Waals surface area contributed by atoms with Crippen molar-refractivity contribution in [2.45, 2.75) is 31.3 Å². The average molecular weight is 556 g/mol. The zero-order valence-electron chi connectivity index (χ0n) is 15.9. The van der Waals surface area contributed by atoms with E-state index in [1.54, 1.807) is 36.4 Å². The summed E-state index contributed by atoms with van der Waals surface area (Å²) in [5.41, 5.74) is 1.83. The smallest absolute Gasteiger partial charge is 0.192 e. The Morgan fingerprint density at radius 3 is 2.32 bits per heavy atom. The third-order valence-electron chi connectivity index (χ3n) is 3.90.